The quantitative estimate of drug-likeness (QED) is 0.750. The number of nitrogens with zero attached hydrogens (tertiary/aromatic N) is 2. The van der Waals surface area contributed by atoms with Gasteiger partial charge in [0.2, 0.25) is 0 Å². The summed E-state index contributed by atoms with van der Waals surface area (Å²) in [5.41, 5.74) is 4.88. The molecule has 0 unspecified atom stereocenters. The van der Waals surface area contributed by atoms with Gasteiger partial charge in [-0.05, 0) is 55.5 Å². The van der Waals surface area contributed by atoms with Gasteiger partial charge in [-0.2, -0.15) is 0 Å². The van der Waals surface area contributed by atoms with Gasteiger partial charge in [0.15, 0.2) is 0 Å². The summed E-state index contributed by atoms with van der Waals surface area (Å²) < 4.78 is 0. The summed E-state index contributed by atoms with van der Waals surface area (Å²) in [5, 5.41) is 0. The van der Waals surface area contributed by atoms with Crippen LogP contribution in [0.1, 0.15) is 29.7 Å². The lowest BCUT2D eigenvalue weighted by Crippen LogP contribution is -2.19. The first-order valence-electron chi connectivity index (χ1n) is 7.17. The molecule has 2 nitrogen and oxygen atoms in total. The fourth-order valence-electron chi connectivity index (χ4n) is 2.87. The van der Waals surface area contributed by atoms with E-state index in [1.807, 2.05) is 6.92 Å². The van der Waals surface area contributed by atoms with Crippen molar-refractivity contribution in [2.24, 2.45) is 0 Å². The fraction of sp³-hybridized carbons (Fsp3) is 0.353. The molecule has 104 valence electrons. The Kier molecular flexibility index (Phi) is 3.93. The summed E-state index contributed by atoms with van der Waals surface area (Å²) in [5.74, 6) is 1.56. The summed E-state index contributed by atoms with van der Waals surface area (Å²) >= 11 is 6.00. The van der Waals surface area contributed by atoms with Crippen LogP contribution in [0.5, 0.6) is 0 Å². The van der Waals surface area contributed by atoms with Gasteiger partial charge in [-0.15, -0.1) is 11.6 Å². The van der Waals surface area contributed by atoms with Crippen molar-refractivity contribution in [3.8, 4) is 0 Å². The number of aryl methyl sites for hydroxylation is 2. The van der Waals surface area contributed by atoms with Crippen LogP contribution in [0, 0.1) is 6.92 Å². The van der Waals surface area contributed by atoms with E-state index in [2.05, 4.69) is 41.3 Å². The molecule has 0 fully saturated rings. The maximum Gasteiger partial charge on any atom is 0.133 e. The van der Waals surface area contributed by atoms with E-state index in [1.54, 1.807) is 0 Å². The maximum atomic E-state index is 6.00. The fourth-order valence-corrected chi connectivity index (χ4v) is 3.02. The number of fused-ring (bicyclic) bond motifs is 1. The first kappa shape index (κ1) is 13.4. The minimum atomic E-state index is 0.534. The zero-order valence-electron chi connectivity index (χ0n) is 11.8. The van der Waals surface area contributed by atoms with E-state index in [9.17, 15) is 0 Å². The number of benzene rings is 1. The Bertz CT molecular complexity index is 610. The second-order valence-electron chi connectivity index (χ2n) is 5.35. The molecule has 0 amide bonds. The van der Waals surface area contributed by atoms with E-state index >= 15 is 0 Å². The Morgan fingerprint density at radius 3 is 2.90 bits per heavy atom. The molecule has 0 saturated heterocycles. The van der Waals surface area contributed by atoms with Gasteiger partial charge in [0, 0.05) is 23.8 Å². The molecule has 0 atom stereocenters. The van der Waals surface area contributed by atoms with Gasteiger partial charge in [-0.25, -0.2) is 4.98 Å². The van der Waals surface area contributed by atoms with Crippen LogP contribution in [0.25, 0.3) is 0 Å². The van der Waals surface area contributed by atoms with Crippen molar-refractivity contribution in [3.05, 3.63) is 53.2 Å². The molecule has 1 aliphatic heterocycles. The van der Waals surface area contributed by atoms with Gasteiger partial charge in [-0.3, -0.25) is 0 Å². The molecule has 0 aliphatic carbocycles. The monoisotopic (exact) mass is 286 g/mol. The third kappa shape index (κ3) is 2.66. The number of pyridine rings is 1. The zero-order valence-corrected chi connectivity index (χ0v) is 12.5. The number of anilines is 2. The van der Waals surface area contributed by atoms with Crippen molar-refractivity contribution in [3.63, 3.8) is 0 Å². The summed E-state index contributed by atoms with van der Waals surface area (Å²) in [6.07, 6.45) is 3.59. The molecule has 2 aromatic rings. The normalized spacial score (nSPS) is 14.8. The topological polar surface area (TPSA) is 16.1 Å². The standard InChI is InChI=1S/C17H19ClN2/c1-13-10-14(12-18)11-17(19-13)20-9-5-4-7-15-6-2-3-8-16(15)20/h2-3,6,8,10-11H,4-5,7,9,12H2,1H3. The summed E-state index contributed by atoms with van der Waals surface area (Å²) in [6, 6.07) is 12.8. The largest absolute Gasteiger partial charge is 0.326 e. The van der Waals surface area contributed by atoms with Crippen LogP contribution >= 0.6 is 11.6 Å². The Hall–Kier alpha value is -1.54. The van der Waals surface area contributed by atoms with E-state index in [0.29, 0.717) is 5.88 Å². The van der Waals surface area contributed by atoms with Crippen molar-refractivity contribution >= 4 is 23.1 Å². The van der Waals surface area contributed by atoms with Gasteiger partial charge in [0.05, 0.1) is 0 Å². The molecule has 0 radical (unpaired) electrons. The van der Waals surface area contributed by atoms with Crippen LogP contribution in [0.4, 0.5) is 11.5 Å². The number of alkyl halides is 1. The molecule has 1 aromatic carbocycles. The second kappa shape index (κ2) is 5.84. The van der Waals surface area contributed by atoms with Crippen LogP contribution < -0.4 is 4.90 Å². The van der Waals surface area contributed by atoms with Crippen molar-refractivity contribution in [1.82, 2.24) is 4.98 Å². The number of hydrogen-bond donors (Lipinski definition) is 0. The maximum absolute atomic E-state index is 6.00. The van der Waals surface area contributed by atoms with E-state index in [4.69, 9.17) is 16.6 Å². The predicted molar refractivity (Wildman–Crippen MR) is 84.9 cm³/mol. The van der Waals surface area contributed by atoms with E-state index in [0.717, 1.165) is 30.0 Å². The van der Waals surface area contributed by atoms with Crippen LogP contribution in [-0.2, 0) is 12.3 Å². The molecule has 0 spiro atoms. The highest BCUT2D eigenvalue weighted by Gasteiger charge is 2.17. The molecular weight excluding hydrogens is 268 g/mol. The van der Waals surface area contributed by atoms with Gasteiger partial charge in [0.25, 0.3) is 0 Å². The lowest BCUT2D eigenvalue weighted by Gasteiger charge is -2.24. The molecule has 1 aromatic heterocycles. The highest BCUT2D eigenvalue weighted by atomic mass is 35.5. The molecular formula is C17H19ClN2. The Balaban J connectivity index is 2.07. The van der Waals surface area contributed by atoms with Crippen LogP contribution in [-0.4, -0.2) is 11.5 Å². The SMILES string of the molecule is Cc1cc(CCl)cc(N2CCCCc3ccccc32)n1. The molecule has 0 saturated carbocycles. The van der Waals surface area contributed by atoms with Crippen LogP contribution in [0.3, 0.4) is 0 Å². The molecule has 2 heterocycles. The Morgan fingerprint density at radius 1 is 1.20 bits per heavy atom. The summed E-state index contributed by atoms with van der Waals surface area (Å²) in [6.45, 7) is 3.05. The third-order valence-electron chi connectivity index (χ3n) is 3.79. The lowest BCUT2D eigenvalue weighted by molar-refractivity contribution is 0.757. The Labute approximate surface area is 125 Å². The first-order chi connectivity index (χ1) is 9.78. The molecule has 20 heavy (non-hydrogen) atoms. The lowest BCUT2D eigenvalue weighted by atomic mass is 10.1. The average molecular weight is 287 g/mol. The summed E-state index contributed by atoms with van der Waals surface area (Å²) in [7, 11) is 0. The first-order valence-corrected chi connectivity index (χ1v) is 7.70. The van der Waals surface area contributed by atoms with E-state index < -0.39 is 0 Å². The molecule has 3 rings (SSSR count). The van der Waals surface area contributed by atoms with Gasteiger partial charge >= 0.3 is 0 Å². The van der Waals surface area contributed by atoms with E-state index in [-0.39, 0.29) is 0 Å². The Morgan fingerprint density at radius 2 is 2.05 bits per heavy atom. The zero-order chi connectivity index (χ0) is 13.9. The smallest absolute Gasteiger partial charge is 0.133 e. The molecule has 0 N–H and O–H groups in total. The van der Waals surface area contributed by atoms with Gasteiger partial charge < -0.3 is 4.90 Å². The van der Waals surface area contributed by atoms with Crippen LogP contribution in [0.2, 0.25) is 0 Å². The summed E-state index contributed by atoms with van der Waals surface area (Å²) in [4.78, 5) is 7.05. The van der Waals surface area contributed by atoms with Crippen molar-refractivity contribution in [2.75, 3.05) is 11.4 Å². The minimum Gasteiger partial charge on any atom is -0.326 e. The average Bonchev–Trinajstić information content (AvgIpc) is 2.69. The number of rotatable bonds is 2. The minimum absolute atomic E-state index is 0.534. The number of aromatic nitrogens is 1. The second-order valence-corrected chi connectivity index (χ2v) is 5.61. The van der Waals surface area contributed by atoms with Crippen molar-refractivity contribution in [2.45, 2.75) is 32.1 Å². The van der Waals surface area contributed by atoms with Gasteiger partial charge in [-0.1, -0.05) is 18.2 Å². The van der Waals surface area contributed by atoms with Crippen molar-refractivity contribution in [1.29, 1.82) is 0 Å². The highest BCUT2D eigenvalue weighted by Crippen LogP contribution is 2.32. The molecule has 0 bridgehead atoms. The van der Waals surface area contributed by atoms with Crippen LogP contribution in [0.15, 0.2) is 36.4 Å². The number of halogens is 1. The molecule has 3 heteroatoms. The third-order valence-corrected chi connectivity index (χ3v) is 4.10. The predicted octanol–water partition coefficient (Wildman–Crippen LogP) is 4.60. The number of hydrogen-bond acceptors (Lipinski definition) is 2. The van der Waals surface area contributed by atoms with Crippen molar-refractivity contribution < 1.29 is 0 Å². The highest BCUT2D eigenvalue weighted by molar-refractivity contribution is 6.17. The van der Waals surface area contributed by atoms with E-state index in [1.165, 1.54) is 24.1 Å². The van der Waals surface area contributed by atoms with Gasteiger partial charge in [0.1, 0.15) is 5.82 Å². The number of para-hydroxylation sites is 1. The molecule has 1 aliphatic rings.